The summed E-state index contributed by atoms with van der Waals surface area (Å²) < 4.78 is 10.6. The highest BCUT2D eigenvalue weighted by molar-refractivity contribution is 5.96. The monoisotopic (exact) mass is 322 g/mol. The molecule has 1 aromatic heterocycles. The maximum absolute atomic E-state index is 12.5. The third kappa shape index (κ3) is 2.58. The second kappa shape index (κ2) is 5.60. The van der Waals surface area contributed by atoms with Gasteiger partial charge in [0.05, 0.1) is 6.42 Å². The van der Waals surface area contributed by atoms with Gasteiger partial charge in [-0.15, -0.1) is 0 Å². The number of H-pyrrole nitrogens is 1. The molecule has 24 heavy (non-hydrogen) atoms. The Morgan fingerprint density at radius 1 is 1.12 bits per heavy atom. The van der Waals surface area contributed by atoms with Crippen LogP contribution in [-0.4, -0.2) is 17.7 Å². The average Bonchev–Trinajstić information content (AvgIpc) is 3.12. The SMILES string of the molecule is Cc1ccc2[nH]c(C)c(CC(=O)Nc3ccc4c(c3)OCO4)c2c1. The van der Waals surface area contributed by atoms with Crippen LogP contribution in [0.5, 0.6) is 11.5 Å². The number of aromatic nitrogens is 1. The molecule has 0 saturated heterocycles. The van der Waals surface area contributed by atoms with E-state index in [9.17, 15) is 4.79 Å². The van der Waals surface area contributed by atoms with Crippen molar-refractivity contribution in [1.29, 1.82) is 0 Å². The number of ether oxygens (including phenoxy) is 2. The zero-order chi connectivity index (χ0) is 16.7. The van der Waals surface area contributed by atoms with E-state index in [0.29, 0.717) is 23.6 Å². The van der Waals surface area contributed by atoms with Gasteiger partial charge in [-0.25, -0.2) is 0 Å². The van der Waals surface area contributed by atoms with Gasteiger partial charge in [0.2, 0.25) is 12.7 Å². The first-order valence-electron chi connectivity index (χ1n) is 7.87. The molecule has 1 aliphatic rings. The Morgan fingerprint density at radius 3 is 2.83 bits per heavy atom. The summed E-state index contributed by atoms with van der Waals surface area (Å²) in [5, 5.41) is 4.03. The van der Waals surface area contributed by atoms with Crippen molar-refractivity contribution in [3.8, 4) is 11.5 Å². The van der Waals surface area contributed by atoms with Crippen molar-refractivity contribution in [3.05, 3.63) is 53.2 Å². The molecule has 2 N–H and O–H groups in total. The third-order valence-electron chi connectivity index (χ3n) is 4.27. The van der Waals surface area contributed by atoms with Crippen LogP contribution in [0.25, 0.3) is 10.9 Å². The van der Waals surface area contributed by atoms with Gasteiger partial charge in [0.25, 0.3) is 0 Å². The topological polar surface area (TPSA) is 63.4 Å². The van der Waals surface area contributed by atoms with Gasteiger partial charge < -0.3 is 19.8 Å². The summed E-state index contributed by atoms with van der Waals surface area (Å²) in [4.78, 5) is 15.8. The van der Waals surface area contributed by atoms with Crippen molar-refractivity contribution in [2.75, 3.05) is 12.1 Å². The van der Waals surface area contributed by atoms with Crippen molar-refractivity contribution in [3.63, 3.8) is 0 Å². The van der Waals surface area contributed by atoms with Gasteiger partial charge in [0.1, 0.15) is 0 Å². The number of benzene rings is 2. The van der Waals surface area contributed by atoms with Crippen LogP contribution < -0.4 is 14.8 Å². The molecule has 2 aromatic carbocycles. The molecule has 4 rings (SSSR count). The molecule has 1 aliphatic heterocycles. The standard InChI is InChI=1S/C19H18N2O3/c1-11-3-5-16-15(7-11)14(12(2)20-16)9-19(22)21-13-4-6-17-18(8-13)24-10-23-17/h3-8,20H,9-10H2,1-2H3,(H,21,22). The van der Waals surface area contributed by atoms with Gasteiger partial charge in [-0.3, -0.25) is 4.79 Å². The quantitative estimate of drug-likeness (QED) is 0.773. The number of carbonyl (C=O) groups is 1. The Balaban J connectivity index is 1.56. The molecule has 0 unspecified atom stereocenters. The number of hydrogen-bond donors (Lipinski definition) is 2. The zero-order valence-corrected chi connectivity index (χ0v) is 13.6. The minimum absolute atomic E-state index is 0.0561. The fourth-order valence-corrected chi connectivity index (χ4v) is 3.06. The van der Waals surface area contributed by atoms with Crippen molar-refractivity contribution in [1.82, 2.24) is 4.98 Å². The van der Waals surface area contributed by atoms with Crippen LogP contribution in [0.3, 0.4) is 0 Å². The van der Waals surface area contributed by atoms with E-state index in [1.54, 1.807) is 12.1 Å². The number of aromatic amines is 1. The van der Waals surface area contributed by atoms with Crippen LogP contribution in [0, 0.1) is 13.8 Å². The molecule has 1 amide bonds. The molecule has 3 aromatic rings. The van der Waals surface area contributed by atoms with Crippen molar-refractivity contribution >= 4 is 22.5 Å². The van der Waals surface area contributed by atoms with Gasteiger partial charge in [0.15, 0.2) is 11.5 Å². The number of anilines is 1. The lowest BCUT2D eigenvalue weighted by Gasteiger charge is -2.07. The molecule has 122 valence electrons. The second-order valence-corrected chi connectivity index (χ2v) is 6.07. The first-order chi connectivity index (χ1) is 11.6. The average molecular weight is 322 g/mol. The summed E-state index contributed by atoms with van der Waals surface area (Å²) in [5.74, 6) is 1.31. The lowest BCUT2D eigenvalue weighted by molar-refractivity contribution is -0.115. The molecule has 0 fully saturated rings. The Labute approximate surface area is 139 Å². The number of rotatable bonds is 3. The number of hydrogen-bond acceptors (Lipinski definition) is 3. The highest BCUT2D eigenvalue weighted by atomic mass is 16.7. The second-order valence-electron chi connectivity index (χ2n) is 6.07. The van der Waals surface area contributed by atoms with Gasteiger partial charge in [-0.2, -0.15) is 0 Å². The summed E-state index contributed by atoms with van der Waals surface area (Å²) in [7, 11) is 0. The molecule has 5 nitrogen and oxygen atoms in total. The Morgan fingerprint density at radius 2 is 1.96 bits per heavy atom. The van der Waals surface area contributed by atoms with E-state index in [2.05, 4.69) is 35.4 Å². The van der Waals surface area contributed by atoms with Crippen molar-refractivity contribution in [2.45, 2.75) is 20.3 Å². The summed E-state index contributed by atoms with van der Waals surface area (Å²) in [5.41, 5.74) is 5.00. The van der Waals surface area contributed by atoms with Gasteiger partial charge in [0, 0.05) is 28.4 Å². The molecular weight excluding hydrogens is 304 g/mol. The maximum atomic E-state index is 12.5. The number of fused-ring (bicyclic) bond motifs is 2. The minimum Gasteiger partial charge on any atom is -0.454 e. The van der Waals surface area contributed by atoms with E-state index in [-0.39, 0.29) is 12.7 Å². The van der Waals surface area contributed by atoms with E-state index < -0.39 is 0 Å². The van der Waals surface area contributed by atoms with E-state index in [1.165, 1.54) is 5.56 Å². The Hall–Kier alpha value is -2.95. The highest BCUT2D eigenvalue weighted by Crippen LogP contribution is 2.34. The van der Waals surface area contributed by atoms with Crippen LogP contribution in [0.1, 0.15) is 16.8 Å². The Kier molecular flexibility index (Phi) is 3.41. The van der Waals surface area contributed by atoms with E-state index >= 15 is 0 Å². The molecule has 5 heteroatoms. The smallest absolute Gasteiger partial charge is 0.231 e. The fraction of sp³-hybridized carbons (Fsp3) is 0.211. The molecule has 0 spiro atoms. The summed E-state index contributed by atoms with van der Waals surface area (Å²) in [6, 6.07) is 11.6. The third-order valence-corrected chi connectivity index (χ3v) is 4.27. The molecule has 0 bridgehead atoms. The van der Waals surface area contributed by atoms with E-state index in [4.69, 9.17) is 9.47 Å². The van der Waals surface area contributed by atoms with Crippen LogP contribution >= 0.6 is 0 Å². The zero-order valence-electron chi connectivity index (χ0n) is 13.6. The van der Waals surface area contributed by atoms with Crippen molar-refractivity contribution < 1.29 is 14.3 Å². The molecule has 0 aliphatic carbocycles. The van der Waals surface area contributed by atoms with Crippen LogP contribution in [0.4, 0.5) is 5.69 Å². The minimum atomic E-state index is -0.0561. The van der Waals surface area contributed by atoms with E-state index in [1.807, 2.05) is 13.0 Å². The predicted molar refractivity (Wildman–Crippen MR) is 92.7 cm³/mol. The normalized spacial score (nSPS) is 12.6. The van der Waals surface area contributed by atoms with Gasteiger partial charge in [-0.1, -0.05) is 11.6 Å². The number of aryl methyl sites for hydroxylation is 2. The maximum Gasteiger partial charge on any atom is 0.231 e. The van der Waals surface area contributed by atoms with Crippen LogP contribution in [-0.2, 0) is 11.2 Å². The predicted octanol–water partition coefficient (Wildman–Crippen LogP) is 3.69. The molecule has 0 radical (unpaired) electrons. The van der Waals surface area contributed by atoms with Gasteiger partial charge >= 0.3 is 0 Å². The first kappa shape index (κ1) is 14.6. The number of amides is 1. The fourth-order valence-electron chi connectivity index (χ4n) is 3.06. The van der Waals surface area contributed by atoms with Gasteiger partial charge in [-0.05, 0) is 43.7 Å². The first-order valence-corrected chi connectivity index (χ1v) is 7.87. The van der Waals surface area contributed by atoms with Crippen molar-refractivity contribution in [2.24, 2.45) is 0 Å². The number of nitrogens with one attached hydrogen (secondary N) is 2. The Bertz CT molecular complexity index is 943. The summed E-state index contributed by atoms with van der Waals surface area (Å²) in [6.45, 7) is 4.28. The number of carbonyl (C=O) groups excluding carboxylic acids is 1. The lowest BCUT2D eigenvalue weighted by atomic mass is 10.1. The largest absolute Gasteiger partial charge is 0.454 e. The van der Waals surface area contributed by atoms with Crippen LogP contribution in [0.15, 0.2) is 36.4 Å². The molecular formula is C19H18N2O3. The van der Waals surface area contributed by atoms with E-state index in [0.717, 1.165) is 22.2 Å². The summed E-state index contributed by atoms with van der Waals surface area (Å²) in [6.07, 6.45) is 0.323. The molecule has 0 saturated carbocycles. The summed E-state index contributed by atoms with van der Waals surface area (Å²) >= 11 is 0. The van der Waals surface area contributed by atoms with Crippen LogP contribution in [0.2, 0.25) is 0 Å². The molecule has 0 atom stereocenters. The molecule has 2 heterocycles. The highest BCUT2D eigenvalue weighted by Gasteiger charge is 2.16. The lowest BCUT2D eigenvalue weighted by Crippen LogP contribution is -2.14.